The van der Waals surface area contributed by atoms with Crippen LogP contribution in [0.4, 0.5) is 0 Å². The predicted octanol–water partition coefficient (Wildman–Crippen LogP) is 0.697. The van der Waals surface area contributed by atoms with Crippen molar-refractivity contribution >= 4 is 11.6 Å². The summed E-state index contributed by atoms with van der Waals surface area (Å²) in [6.07, 6.45) is 4.89. The Kier molecular flexibility index (Phi) is 3.41. The lowest BCUT2D eigenvalue weighted by molar-refractivity contribution is -0.141. The lowest BCUT2D eigenvalue weighted by Gasteiger charge is -2.18. The fourth-order valence-corrected chi connectivity index (χ4v) is 1.67. The van der Waals surface area contributed by atoms with Gasteiger partial charge in [0.05, 0.1) is 0 Å². The van der Waals surface area contributed by atoms with E-state index in [2.05, 4.69) is 0 Å². The van der Waals surface area contributed by atoms with Gasteiger partial charge < -0.3 is 5.11 Å². The van der Waals surface area contributed by atoms with E-state index < -0.39 is 12.4 Å². The van der Waals surface area contributed by atoms with Crippen molar-refractivity contribution in [2.45, 2.75) is 32.1 Å². The number of ketones is 2. The van der Waals surface area contributed by atoms with Gasteiger partial charge in [-0.15, -0.1) is 0 Å². The summed E-state index contributed by atoms with van der Waals surface area (Å²) < 4.78 is 0. The second-order valence-electron chi connectivity index (χ2n) is 3.28. The first kappa shape index (κ1) is 9.39. The third-order valence-electron chi connectivity index (χ3n) is 2.39. The van der Waals surface area contributed by atoms with E-state index in [-0.39, 0.29) is 11.7 Å². The van der Waals surface area contributed by atoms with Crippen LogP contribution in [0.25, 0.3) is 0 Å². The Morgan fingerprint density at radius 2 is 1.75 bits per heavy atom. The molecule has 1 rings (SSSR count). The molecule has 0 radical (unpaired) electrons. The smallest absolute Gasteiger partial charge is 0.223 e. The van der Waals surface area contributed by atoms with Gasteiger partial charge in [0.2, 0.25) is 11.6 Å². The molecule has 0 atom stereocenters. The second kappa shape index (κ2) is 4.36. The molecule has 0 aliphatic heterocycles. The van der Waals surface area contributed by atoms with Crippen LogP contribution in [0.15, 0.2) is 0 Å². The van der Waals surface area contributed by atoms with Crippen LogP contribution in [0.1, 0.15) is 32.1 Å². The molecule has 1 aliphatic rings. The molecule has 0 bridgehead atoms. The SMILES string of the molecule is O=C(CO)C(=O)C1CCCCC1. The van der Waals surface area contributed by atoms with Crippen molar-refractivity contribution in [3.8, 4) is 0 Å². The van der Waals surface area contributed by atoms with Gasteiger partial charge in [0.15, 0.2) is 0 Å². The molecule has 0 aromatic rings. The minimum Gasteiger partial charge on any atom is -0.388 e. The number of carbonyl (C=O) groups excluding carboxylic acids is 2. The molecular weight excluding hydrogens is 156 g/mol. The fraction of sp³-hybridized carbons (Fsp3) is 0.778. The molecule has 12 heavy (non-hydrogen) atoms. The Balaban J connectivity index is 2.45. The Bertz CT molecular complexity index is 180. The van der Waals surface area contributed by atoms with Crippen molar-refractivity contribution in [1.82, 2.24) is 0 Å². The van der Waals surface area contributed by atoms with Crippen LogP contribution in [0.3, 0.4) is 0 Å². The van der Waals surface area contributed by atoms with Crippen molar-refractivity contribution in [2.24, 2.45) is 5.92 Å². The third kappa shape index (κ3) is 2.14. The molecule has 1 fully saturated rings. The molecule has 0 spiro atoms. The molecule has 0 saturated heterocycles. The Morgan fingerprint density at radius 1 is 1.17 bits per heavy atom. The van der Waals surface area contributed by atoms with Gasteiger partial charge in [-0.25, -0.2) is 0 Å². The Hall–Kier alpha value is -0.700. The minimum atomic E-state index is -0.630. The lowest BCUT2D eigenvalue weighted by atomic mass is 9.85. The summed E-state index contributed by atoms with van der Waals surface area (Å²) in [6, 6.07) is 0. The van der Waals surface area contributed by atoms with Crippen molar-refractivity contribution in [3.05, 3.63) is 0 Å². The Morgan fingerprint density at radius 3 is 2.25 bits per heavy atom. The molecule has 0 heterocycles. The van der Waals surface area contributed by atoms with Crippen molar-refractivity contribution in [3.63, 3.8) is 0 Å². The highest BCUT2D eigenvalue weighted by molar-refractivity contribution is 6.38. The maximum atomic E-state index is 11.2. The third-order valence-corrected chi connectivity index (χ3v) is 2.39. The van der Waals surface area contributed by atoms with E-state index in [9.17, 15) is 9.59 Å². The van der Waals surface area contributed by atoms with Gasteiger partial charge >= 0.3 is 0 Å². The topological polar surface area (TPSA) is 54.4 Å². The van der Waals surface area contributed by atoms with Gasteiger partial charge in [0.1, 0.15) is 6.61 Å². The normalized spacial score (nSPS) is 19.1. The molecule has 0 unspecified atom stereocenters. The van der Waals surface area contributed by atoms with E-state index >= 15 is 0 Å². The average molecular weight is 170 g/mol. The number of Topliss-reactive ketones (excluding diaryl/α,β-unsaturated/α-hetero) is 2. The van der Waals surface area contributed by atoms with Gasteiger partial charge in [-0.1, -0.05) is 19.3 Å². The maximum Gasteiger partial charge on any atom is 0.223 e. The highest BCUT2D eigenvalue weighted by Gasteiger charge is 2.25. The summed E-state index contributed by atoms with van der Waals surface area (Å²) >= 11 is 0. The van der Waals surface area contributed by atoms with Gasteiger partial charge in [-0.05, 0) is 12.8 Å². The predicted molar refractivity (Wildman–Crippen MR) is 43.7 cm³/mol. The van der Waals surface area contributed by atoms with Crippen LogP contribution < -0.4 is 0 Å². The summed E-state index contributed by atoms with van der Waals surface area (Å²) in [5.74, 6) is -1.09. The van der Waals surface area contributed by atoms with Crippen LogP contribution in [0.5, 0.6) is 0 Å². The van der Waals surface area contributed by atoms with Gasteiger partial charge in [0, 0.05) is 5.92 Å². The van der Waals surface area contributed by atoms with E-state index in [1.165, 1.54) is 0 Å². The number of hydrogen-bond acceptors (Lipinski definition) is 3. The first-order valence-corrected chi connectivity index (χ1v) is 4.43. The minimum absolute atomic E-state index is 0.0987. The quantitative estimate of drug-likeness (QED) is 0.634. The van der Waals surface area contributed by atoms with Crippen LogP contribution in [-0.2, 0) is 9.59 Å². The zero-order chi connectivity index (χ0) is 8.97. The highest BCUT2D eigenvalue weighted by Crippen LogP contribution is 2.24. The number of rotatable bonds is 3. The Labute approximate surface area is 71.8 Å². The number of aliphatic hydroxyl groups is 1. The van der Waals surface area contributed by atoms with Crippen molar-refractivity contribution in [1.29, 1.82) is 0 Å². The molecule has 68 valence electrons. The molecular formula is C9H14O3. The molecule has 0 aromatic heterocycles. The average Bonchev–Trinajstić information content (AvgIpc) is 2.17. The molecule has 3 nitrogen and oxygen atoms in total. The molecule has 0 amide bonds. The summed E-state index contributed by atoms with van der Waals surface area (Å²) in [4.78, 5) is 22.0. The highest BCUT2D eigenvalue weighted by atomic mass is 16.3. The molecule has 1 aliphatic carbocycles. The molecule has 0 aromatic carbocycles. The van der Waals surface area contributed by atoms with E-state index in [4.69, 9.17) is 5.11 Å². The van der Waals surface area contributed by atoms with Crippen LogP contribution in [-0.4, -0.2) is 23.3 Å². The second-order valence-corrected chi connectivity index (χ2v) is 3.28. The summed E-state index contributed by atoms with van der Waals surface area (Å²) in [6.45, 7) is -0.630. The molecule has 3 heteroatoms. The maximum absolute atomic E-state index is 11.2. The van der Waals surface area contributed by atoms with Crippen LogP contribution in [0, 0.1) is 5.92 Å². The van der Waals surface area contributed by atoms with E-state index in [1.807, 2.05) is 0 Å². The molecule has 1 saturated carbocycles. The van der Waals surface area contributed by atoms with E-state index in [0.717, 1.165) is 32.1 Å². The summed E-state index contributed by atoms with van der Waals surface area (Å²) in [5, 5.41) is 8.47. The van der Waals surface area contributed by atoms with Gasteiger partial charge in [-0.2, -0.15) is 0 Å². The van der Waals surface area contributed by atoms with E-state index in [0.29, 0.717) is 0 Å². The monoisotopic (exact) mass is 170 g/mol. The number of aliphatic hydroxyl groups excluding tert-OH is 1. The van der Waals surface area contributed by atoms with Gasteiger partial charge in [-0.3, -0.25) is 9.59 Å². The van der Waals surface area contributed by atoms with Gasteiger partial charge in [0.25, 0.3) is 0 Å². The number of hydrogen-bond donors (Lipinski definition) is 1. The van der Waals surface area contributed by atoms with Crippen molar-refractivity contribution < 1.29 is 14.7 Å². The zero-order valence-electron chi connectivity index (χ0n) is 7.08. The van der Waals surface area contributed by atoms with Crippen molar-refractivity contribution in [2.75, 3.05) is 6.61 Å². The fourth-order valence-electron chi connectivity index (χ4n) is 1.67. The lowest BCUT2D eigenvalue weighted by Crippen LogP contribution is -2.27. The summed E-state index contributed by atoms with van der Waals surface area (Å²) in [5.41, 5.74) is 0. The summed E-state index contributed by atoms with van der Waals surface area (Å²) in [7, 11) is 0. The first-order valence-electron chi connectivity index (χ1n) is 4.43. The zero-order valence-corrected chi connectivity index (χ0v) is 7.08. The number of carbonyl (C=O) groups is 2. The molecule has 1 N–H and O–H groups in total. The van der Waals surface area contributed by atoms with Crippen LogP contribution >= 0.6 is 0 Å². The van der Waals surface area contributed by atoms with E-state index in [1.54, 1.807) is 0 Å². The first-order chi connectivity index (χ1) is 5.75. The standard InChI is InChI=1S/C9H14O3/c10-6-8(11)9(12)7-4-2-1-3-5-7/h7,10H,1-6H2. The largest absolute Gasteiger partial charge is 0.388 e. The van der Waals surface area contributed by atoms with Crippen LogP contribution in [0.2, 0.25) is 0 Å².